The zero-order valence-electron chi connectivity index (χ0n) is 11.0. The largest absolute Gasteiger partial charge is 0.479 e. The van der Waals surface area contributed by atoms with Crippen LogP contribution in [0.3, 0.4) is 0 Å². The molecular formula is C12H13ClF3NO3. The number of rotatable bonds is 3. The second-order valence-electron chi connectivity index (χ2n) is 4.86. The molecule has 1 aromatic heterocycles. The Bertz CT molecular complexity index is 498. The Balaban J connectivity index is 2.68. The Morgan fingerprint density at radius 2 is 1.90 bits per heavy atom. The molecule has 0 aromatic carbocycles. The van der Waals surface area contributed by atoms with Crippen LogP contribution in [-0.2, 0) is 15.7 Å². The van der Waals surface area contributed by atoms with Crippen molar-refractivity contribution in [3.05, 3.63) is 23.0 Å². The van der Waals surface area contributed by atoms with Gasteiger partial charge in [-0.15, -0.1) is 0 Å². The van der Waals surface area contributed by atoms with Crippen LogP contribution >= 0.6 is 11.6 Å². The lowest BCUT2D eigenvalue weighted by Crippen LogP contribution is -2.27. The molecule has 0 spiro atoms. The molecule has 0 aliphatic heterocycles. The fraction of sp³-hybridized carbons (Fsp3) is 0.500. The smallest absolute Gasteiger partial charge is 0.433 e. The minimum absolute atomic E-state index is 0.120. The predicted molar refractivity (Wildman–Crippen MR) is 65.6 cm³/mol. The van der Waals surface area contributed by atoms with Crippen molar-refractivity contribution in [3.63, 3.8) is 0 Å². The Morgan fingerprint density at radius 3 is 2.35 bits per heavy atom. The molecule has 0 aliphatic carbocycles. The summed E-state index contributed by atoms with van der Waals surface area (Å²) in [6.45, 7) is 4.57. The molecule has 4 nitrogen and oxygen atoms in total. The second-order valence-corrected chi connectivity index (χ2v) is 5.22. The minimum atomic E-state index is -4.59. The number of aromatic nitrogens is 1. The van der Waals surface area contributed by atoms with Crippen molar-refractivity contribution in [3.8, 4) is 5.75 Å². The summed E-state index contributed by atoms with van der Waals surface area (Å²) in [5.41, 5.74) is -1.81. The Kier molecular flexibility index (Phi) is 4.86. The summed E-state index contributed by atoms with van der Waals surface area (Å²) in [5.74, 6) is -0.779. The lowest BCUT2D eigenvalue weighted by Gasteiger charge is -2.19. The van der Waals surface area contributed by atoms with Crippen LogP contribution in [0.5, 0.6) is 5.75 Å². The van der Waals surface area contributed by atoms with E-state index in [9.17, 15) is 18.0 Å². The zero-order chi connectivity index (χ0) is 15.6. The molecule has 0 aliphatic rings. The number of nitrogens with zero attached hydrogens (tertiary/aromatic N) is 1. The van der Waals surface area contributed by atoms with Crippen molar-refractivity contribution in [2.75, 3.05) is 6.61 Å². The third-order valence-corrected chi connectivity index (χ3v) is 2.14. The van der Waals surface area contributed by atoms with Gasteiger partial charge in [0.1, 0.15) is 11.3 Å². The number of pyridine rings is 1. The second kappa shape index (κ2) is 5.87. The Hall–Kier alpha value is -1.50. The predicted octanol–water partition coefficient (Wildman–Crippen LogP) is 3.47. The quantitative estimate of drug-likeness (QED) is 0.633. The summed E-state index contributed by atoms with van der Waals surface area (Å²) in [4.78, 5) is 14.5. The van der Waals surface area contributed by atoms with Crippen LogP contribution in [0, 0.1) is 0 Å². The van der Waals surface area contributed by atoms with E-state index in [-0.39, 0.29) is 5.75 Å². The van der Waals surface area contributed by atoms with E-state index in [0.29, 0.717) is 0 Å². The van der Waals surface area contributed by atoms with Gasteiger partial charge in [-0.1, -0.05) is 11.6 Å². The molecule has 20 heavy (non-hydrogen) atoms. The highest BCUT2D eigenvalue weighted by molar-refractivity contribution is 6.30. The first-order valence-electron chi connectivity index (χ1n) is 5.57. The molecule has 0 N–H and O–H groups in total. The van der Waals surface area contributed by atoms with Crippen molar-refractivity contribution in [2.45, 2.75) is 32.5 Å². The van der Waals surface area contributed by atoms with Crippen LogP contribution in [0.4, 0.5) is 13.2 Å². The normalized spacial score (nSPS) is 12.2. The highest BCUT2D eigenvalue weighted by Crippen LogP contribution is 2.31. The maximum absolute atomic E-state index is 12.4. The first-order valence-corrected chi connectivity index (χ1v) is 5.95. The monoisotopic (exact) mass is 311 g/mol. The standard InChI is InChI=1S/C12H13ClF3NO3/c1-11(2,3)20-9(18)6-19-7-4-5-8(12(14,15)16)17-10(7)13/h4-5H,6H2,1-3H3. The SMILES string of the molecule is CC(C)(C)OC(=O)COc1ccc(C(F)(F)F)nc1Cl. The van der Waals surface area contributed by atoms with Crippen LogP contribution in [-0.4, -0.2) is 23.2 Å². The van der Waals surface area contributed by atoms with Crippen LogP contribution in [0.1, 0.15) is 26.5 Å². The number of esters is 1. The minimum Gasteiger partial charge on any atom is -0.479 e. The lowest BCUT2D eigenvalue weighted by atomic mass is 10.2. The van der Waals surface area contributed by atoms with Crippen molar-refractivity contribution >= 4 is 17.6 Å². The molecule has 112 valence electrons. The number of alkyl halides is 3. The highest BCUT2D eigenvalue weighted by atomic mass is 35.5. The van der Waals surface area contributed by atoms with Gasteiger partial charge >= 0.3 is 12.1 Å². The molecule has 0 radical (unpaired) electrons. The Labute approximate surface area is 118 Å². The highest BCUT2D eigenvalue weighted by Gasteiger charge is 2.33. The Morgan fingerprint density at radius 1 is 1.30 bits per heavy atom. The van der Waals surface area contributed by atoms with Crippen LogP contribution in [0.25, 0.3) is 0 Å². The van der Waals surface area contributed by atoms with E-state index in [1.807, 2.05) is 0 Å². The molecular weight excluding hydrogens is 299 g/mol. The van der Waals surface area contributed by atoms with Gasteiger partial charge < -0.3 is 9.47 Å². The maximum Gasteiger partial charge on any atom is 0.433 e. The van der Waals surface area contributed by atoms with E-state index in [1.54, 1.807) is 20.8 Å². The van der Waals surface area contributed by atoms with Crippen molar-refractivity contribution in [1.82, 2.24) is 4.98 Å². The van der Waals surface area contributed by atoms with Gasteiger partial charge in [0.25, 0.3) is 0 Å². The third kappa shape index (κ3) is 5.24. The van der Waals surface area contributed by atoms with E-state index >= 15 is 0 Å². The van der Waals surface area contributed by atoms with Gasteiger partial charge in [-0.05, 0) is 32.9 Å². The third-order valence-electron chi connectivity index (χ3n) is 1.87. The molecule has 1 heterocycles. The zero-order valence-corrected chi connectivity index (χ0v) is 11.8. The average Bonchev–Trinajstić information content (AvgIpc) is 2.23. The number of carbonyl (C=O) groups is 1. The molecule has 0 atom stereocenters. The van der Waals surface area contributed by atoms with Gasteiger partial charge in [0, 0.05) is 0 Å². The van der Waals surface area contributed by atoms with Gasteiger partial charge in [-0.2, -0.15) is 13.2 Å². The van der Waals surface area contributed by atoms with Gasteiger partial charge in [0.15, 0.2) is 17.5 Å². The molecule has 1 aromatic rings. The lowest BCUT2D eigenvalue weighted by molar-refractivity contribution is -0.157. The van der Waals surface area contributed by atoms with Crippen molar-refractivity contribution in [2.24, 2.45) is 0 Å². The molecule has 0 amide bonds. The van der Waals surface area contributed by atoms with Gasteiger partial charge in [0.05, 0.1) is 0 Å². The number of hydrogen-bond acceptors (Lipinski definition) is 4. The van der Waals surface area contributed by atoms with Crippen molar-refractivity contribution in [1.29, 1.82) is 0 Å². The van der Waals surface area contributed by atoms with Gasteiger partial charge in [-0.3, -0.25) is 0 Å². The van der Waals surface area contributed by atoms with E-state index in [0.717, 1.165) is 12.1 Å². The summed E-state index contributed by atoms with van der Waals surface area (Å²) in [6, 6.07) is 1.72. The first kappa shape index (κ1) is 16.6. The van der Waals surface area contributed by atoms with Crippen LogP contribution < -0.4 is 4.74 Å². The molecule has 0 fully saturated rings. The summed E-state index contributed by atoms with van der Waals surface area (Å²) in [6.07, 6.45) is -4.59. The van der Waals surface area contributed by atoms with Gasteiger partial charge in [0.2, 0.25) is 0 Å². The molecule has 0 bridgehead atoms. The van der Waals surface area contributed by atoms with E-state index < -0.39 is 35.2 Å². The maximum atomic E-state index is 12.4. The van der Waals surface area contributed by atoms with E-state index in [1.165, 1.54) is 0 Å². The van der Waals surface area contributed by atoms with Gasteiger partial charge in [-0.25, -0.2) is 9.78 Å². The molecule has 0 unspecified atom stereocenters. The first-order chi connectivity index (χ1) is 8.99. The fourth-order valence-electron chi connectivity index (χ4n) is 1.19. The van der Waals surface area contributed by atoms with E-state index in [4.69, 9.17) is 21.1 Å². The number of ether oxygens (including phenoxy) is 2. The molecule has 0 saturated heterocycles. The number of halogens is 4. The van der Waals surface area contributed by atoms with Crippen LogP contribution in [0.2, 0.25) is 5.15 Å². The fourth-order valence-corrected chi connectivity index (χ4v) is 1.40. The molecule has 1 rings (SSSR count). The number of hydrogen-bond donors (Lipinski definition) is 0. The topological polar surface area (TPSA) is 48.4 Å². The summed E-state index contributed by atoms with van der Waals surface area (Å²) in [5, 5.41) is -0.469. The summed E-state index contributed by atoms with van der Waals surface area (Å²) in [7, 11) is 0. The summed E-state index contributed by atoms with van der Waals surface area (Å²) < 4.78 is 47.0. The summed E-state index contributed by atoms with van der Waals surface area (Å²) >= 11 is 5.56. The average molecular weight is 312 g/mol. The molecule has 0 saturated carbocycles. The van der Waals surface area contributed by atoms with E-state index in [2.05, 4.69) is 4.98 Å². The van der Waals surface area contributed by atoms with Crippen LogP contribution in [0.15, 0.2) is 12.1 Å². The number of carbonyl (C=O) groups excluding carboxylic acids is 1. The van der Waals surface area contributed by atoms with Crippen molar-refractivity contribution < 1.29 is 27.4 Å². The molecule has 8 heteroatoms.